The topological polar surface area (TPSA) is 66.9 Å². The van der Waals surface area contributed by atoms with Gasteiger partial charge in [-0.25, -0.2) is 4.79 Å². The van der Waals surface area contributed by atoms with Gasteiger partial charge in [0.1, 0.15) is 6.54 Å². The quantitative estimate of drug-likeness (QED) is 0.686. The minimum absolute atomic E-state index is 0.0528. The van der Waals surface area contributed by atoms with Gasteiger partial charge in [-0.15, -0.1) is 0 Å². The largest absolute Gasteiger partial charge is 0.463 e. The third-order valence-electron chi connectivity index (χ3n) is 5.60. The van der Waals surface area contributed by atoms with E-state index in [1.54, 1.807) is 30.9 Å². The molecular weight excluding hydrogens is 392 g/mol. The molecule has 2 amide bonds. The zero-order valence-corrected chi connectivity index (χ0v) is 17.7. The Kier molecular flexibility index (Phi) is 6.96. The summed E-state index contributed by atoms with van der Waals surface area (Å²) in [5.41, 5.74) is 1.58. The van der Waals surface area contributed by atoms with Crippen molar-refractivity contribution >= 4 is 29.4 Å². The van der Waals surface area contributed by atoms with Gasteiger partial charge in [0.2, 0.25) is 11.8 Å². The molecule has 0 bridgehead atoms. The Labute approximate surface area is 176 Å². The van der Waals surface area contributed by atoms with Crippen molar-refractivity contribution < 1.29 is 19.1 Å². The fourth-order valence-corrected chi connectivity index (χ4v) is 4.35. The van der Waals surface area contributed by atoms with Gasteiger partial charge in [0.25, 0.3) is 0 Å². The van der Waals surface area contributed by atoms with Crippen molar-refractivity contribution in [2.24, 2.45) is 0 Å². The molecule has 0 saturated carbocycles. The number of likely N-dealkylation sites (tertiary alicyclic amines) is 1. The summed E-state index contributed by atoms with van der Waals surface area (Å²) in [5.74, 6) is -1.24. The molecule has 1 fully saturated rings. The van der Waals surface area contributed by atoms with Crippen molar-refractivity contribution in [3.05, 3.63) is 46.1 Å². The third-order valence-corrected chi connectivity index (χ3v) is 5.95. The van der Waals surface area contributed by atoms with Gasteiger partial charge in [-0.1, -0.05) is 29.8 Å². The number of piperidine rings is 1. The maximum absolute atomic E-state index is 13.0. The number of rotatable bonds is 5. The lowest BCUT2D eigenvalue weighted by atomic mass is 9.83. The Morgan fingerprint density at radius 2 is 1.86 bits per heavy atom. The maximum atomic E-state index is 13.0. The van der Waals surface area contributed by atoms with Crippen LogP contribution in [0.5, 0.6) is 0 Å². The van der Waals surface area contributed by atoms with Crippen molar-refractivity contribution in [3.8, 4) is 0 Å². The zero-order chi connectivity index (χ0) is 21.0. The van der Waals surface area contributed by atoms with Crippen molar-refractivity contribution in [3.63, 3.8) is 0 Å². The average molecular weight is 419 g/mol. The average Bonchev–Trinajstić information content (AvgIpc) is 2.71. The van der Waals surface area contributed by atoms with Crippen LogP contribution in [-0.4, -0.2) is 53.8 Å². The maximum Gasteiger partial charge on any atom is 0.336 e. The van der Waals surface area contributed by atoms with E-state index in [1.807, 2.05) is 12.1 Å². The SMILES string of the molecule is CCOC(=O)C1=C(C)N(CC(=O)N2CCCCC2)C(=O)C[C@H]1c1ccccc1Cl. The minimum Gasteiger partial charge on any atom is -0.463 e. The molecule has 7 heteroatoms. The highest BCUT2D eigenvalue weighted by atomic mass is 35.5. The first kappa shape index (κ1) is 21.4. The highest BCUT2D eigenvalue weighted by Gasteiger charge is 2.38. The van der Waals surface area contributed by atoms with Gasteiger partial charge < -0.3 is 14.5 Å². The number of amides is 2. The van der Waals surface area contributed by atoms with E-state index < -0.39 is 11.9 Å². The highest BCUT2D eigenvalue weighted by Crippen LogP contribution is 2.39. The normalized spacial score (nSPS) is 20.1. The van der Waals surface area contributed by atoms with E-state index in [9.17, 15) is 14.4 Å². The van der Waals surface area contributed by atoms with E-state index in [1.165, 1.54) is 4.90 Å². The summed E-state index contributed by atoms with van der Waals surface area (Å²) in [6, 6.07) is 7.20. The Balaban J connectivity index is 1.94. The van der Waals surface area contributed by atoms with Crippen molar-refractivity contribution in [2.75, 3.05) is 26.2 Å². The summed E-state index contributed by atoms with van der Waals surface area (Å²) in [5, 5.41) is 0.498. The molecule has 2 heterocycles. The Morgan fingerprint density at radius 1 is 1.17 bits per heavy atom. The van der Waals surface area contributed by atoms with Crippen LogP contribution in [0.3, 0.4) is 0 Å². The molecule has 1 aromatic carbocycles. The van der Waals surface area contributed by atoms with E-state index in [4.69, 9.17) is 16.3 Å². The van der Waals surface area contributed by atoms with Crippen LogP contribution in [0.4, 0.5) is 0 Å². The molecule has 2 aliphatic heterocycles. The summed E-state index contributed by atoms with van der Waals surface area (Å²) in [6.07, 6.45) is 3.16. The summed E-state index contributed by atoms with van der Waals surface area (Å²) in [4.78, 5) is 41.7. The van der Waals surface area contributed by atoms with E-state index in [0.717, 1.165) is 32.4 Å². The summed E-state index contributed by atoms with van der Waals surface area (Å²) in [7, 11) is 0. The number of halogens is 1. The standard InChI is InChI=1S/C22H27ClN2O4/c1-3-29-22(28)21-15(2)25(14-20(27)24-11-7-4-8-12-24)19(26)13-17(21)16-9-5-6-10-18(16)23/h5-6,9-10,17H,3-4,7-8,11-14H2,1-2H3/t17-/m0/s1. The fraction of sp³-hybridized carbons (Fsp3) is 0.500. The van der Waals surface area contributed by atoms with E-state index in [0.29, 0.717) is 21.9 Å². The van der Waals surface area contributed by atoms with Gasteiger partial charge in [-0.2, -0.15) is 0 Å². The predicted octanol–water partition coefficient (Wildman–Crippen LogP) is 3.51. The van der Waals surface area contributed by atoms with Gasteiger partial charge in [0.15, 0.2) is 0 Å². The lowest BCUT2D eigenvalue weighted by molar-refractivity contribution is -0.142. The van der Waals surface area contributed by atoms with Gasteiger partial charge in [0.05, 0.1) is 12.2 Å². The predicted molar refractivity (Wildman–Crippen MR) is 110 cm³/mol. The number of hydrogen-bond donors (Lipinski definition) is 0. The van der Waals surface area contributed by atoms with Gasteiger partial charge in [0, 0.05) is 36.1 Å². The zero-order valence-electron chi connectivity index (χ0n) is 16.9. The van der Waals surface area contributed by atoms with Crippen LogP contribution in [0.25, 0.3) is 0 Å². The Bertz CT molecular complexity index is 830. The Morgan fingerprint density at radius 3 is 2.52 bits per heavy atom. The number of allylic oxidation sites excluding steroid dienone is 1. The van der Waals surface area contributed by atoms with Crippen molar-refractivity contribution in [1.82, 2.24) is 9.80 Å². The number of ether oxygens (including phenoxy) is 1. The Hall–Kier alpha value is -2.34. The molecule has 29 heavy (non-hydrogen) atoms. The number of hydrogen-bond acceptors (Lipinski definition) is 4. The van der Waals surface area contributed by atoms with Crippen LogP contribution < -0.4 is 0 Å². The van der Waals surface area contributed by atoms with Crippen LogP contribution in [0, 0.1) is 0 Å². The molecule has 0 aliphatic carbocycles. The van der Waals surface area contributed by atoms with Crippen molar-refractivity contribution in [1.29, 1.82) is 0 Å². The molecular formula is C22H27ClN2O4. The van der Waals surface area contributed by atoms with E-state index >= 15 is 0 Å². The number of nitrogens with zero attached hydrogens (tertiary/aromatic N) is 2. The summed E-state index contributed by atoms with van der Waals surface area (Å²) >= 11 is 6.36. The second kappa shape index (κ2) is 9.44. The lowest BCUT2D eigenvalue weighted by Crippen LogP contribution is -2.46. The van der Waals surface area contributed by atoms with Crippen LogP contribution in [0.15, 0.2) is 35.5 Å². The first-order valence-electron chi connectivity index (χ1n) is 10.1. The first-order chi connectivity index (χ1) is 13.9. The minimum atomic E-state index is -0.489. The van der Waals surface area contributed by atoms with Crippen LogP contribution in [0.1, 0.15) is 51.0 Å². The molecule has 0 N–H and O–H groups in total. The molecule has 1 aromatic rings. The molecule has 0 spiro atoms. The highest BCUT2D eigenvalue weighted by molar-refractivity contribution is 6.31. The van der Waals surface area contributed by atoms with E-state index in [2.05, 4.69) is 0 Å². The van der Waals surface area contributed by atoms with Crippen LogP contribution >= 0.6 is 11.6 Å². The number of benzene rings is 1. The molecule has 3 rings (SSSR count). The lowest BCUT2D eigenvalue weighted by Gasteiger charge is -2.36. The van der Waals surface area contributed by atoms with Gasteiger partial charge >= 0.3 is 5.97 Å². The third kappa shape index (κ3) is 4.64. The molecule has 6 nitrogen and oxygen atoms in total. The number of carbonyl (C=O) groups is 3. The molecule has 156 valence electrons. The molecule has 2 aliphatic rings. The van der Waals surface area contributed by atoms with Gasteiger partial charge in [-0.3, -0.25) is 9.59 Å². The number of carbonyl (C=O) groups excluding carboxylic acids is 3. The van der Waals surface area contributed by atoms with Gasteiger partial charge in [-0.05, 0) is 44.7 Å². The molecule has 0 aromatic heterocycles. The number of esters is 1. The summed E-state index contributed by atoms with van der Waals surface area (Å²) in [6.45, 7) is 5.06. The second-order valence-electron chi connectivity index (χ2n) is 7.42. The first-order valence-corrected chi connectivity index (χ1v) is 10.5. The second-order valence-corrected chi connectivity index (χ2v) is 7.83. The fourth-order valence-electron chi connectivity index (χ4n) is 4.08. The summed E-state index contributed by atoms with van der Waals surface area (Å²) < 4.78 is 5.28. The molecule has 0 unspecified atom stereocenters. The van der Waals surface area contributed by atoms with Crippen LogP contribution in [-0.2, 0) is 19.1 Å². The van der Waals surface area contributed by atoms with Crippen LogP contribution in [0.2, 0.25) is 5.02 Å². The van der Waals surface area contributed by atoms with Crippen molar-refractivity contribution in [2.45, 2.75) is 45.4 Å². The molecule has 0 radical (unpaired) electrons. The van der Waals surface area contributed by atoms with E-state index in [-0.39, 0.29) is 31.4 Å². The molecule has 1 saturated heterocycles. The molecule has 1 atom stereocenters. The monoisotopic (exact) mass is 418 g/mol. The smallest absolute Gasteiger partial charge is 0.336 e.